The molecule has 0 atom stereocenters. The molecule has 2 heteroatoms. The Hall–Kier alpha value is -0.890. The molecule has 0 aliphatic carbocycles. The van der Waals surface area contributed by atoms with E-state index in [1.54, 1.807) is 6.07 Å². The Bertz CT molecular complexity index is 337. The summed E-state index contributed by atoms with van der Waals surface area (Å²) in [5.41, 5.74) is -0.0299. The van der Waals surface area contributed by atoms with Gasteiger partial charge in [-0.3, -0.25) is 0 Å². The maximum atomic E-state index is 13.7. The maximum Gasteiger partial charge on any atom is 0.130 e. The first-order valence-corrected chi connectivity index (χ1v) is 5.18. The van der Waals surface area contributed by atoms with Gasteiger partial charge >= 0.3 is 0 Å². The van der Waals surface area contributed by atoms with Crippen LogP contribution in [0.4, 0.5) is 4.39 Å². The molecule has 1 nitrogen and oxygen atoms in total. The second kappa shape index (κ2) is 3.93. The van der Waals surface area contributed by atoms with E-state index < -0.39 is 5.67 Å². The van der Waals surface area contributed by atoms with E-state index in [1.807, 2.05) is 32.0 Å². The second-order valence-corrected chi connectivity index (χ2v) is 5.10. The molecule has 0 aromatic heterocycles. The van der Waals surface area contributed by atoms with Crippen LogP contribution in [0.15, 0.2) is 24.3 Å². The predicted molar refractivity (Wildman–Crippen MR) is 60.7 cm³/mol. The van der Waals surface area contributed by atoms with Gasteiger partial charge in [-0.05, 0) is 25.0 Å². The molecule has 1 N–H and O–H groups in total. The summed E-state index contributed by atoms with van der Waals surface area (Å²) in [7, 11) is 0. The molecular formula is C13H19FO. The first kappa shape index (κ1) is 12.2. The van der Waals surface area contributed by atoms with E-state index in [-0.39, 0.29) is 12.0 Å². The third-order valence-corrected chi connectivity index (χ3v) is 2.73. The van der Waals surface area contributed by atoms with Crippen molar-refractivity contribution in [2.75, 3.05) is 6.61 Å². The molecule has 0 bridgehead atoms. The van der Waals surface area contributed by atoms with Gasteiger partial charge in [0.15, 0.2) is 0 Å². The Morgan fingerprint density at radius 1 is 1.13 bits per heavy atom. The fraction of sp³-hybridized carbons (Fsp3) is 0.538. The largest absolute Gasteiger partial charge is 0.395 e. The van der Waals surface area contributed by atoms with Crippen LogP contribution in [0.2, 0.25) is 0 Å². The number of benzene rings is 1. The van der Waals surface area contributed by atoms with Crippen LogP contribution >= 0.6 is 0 Å². The smallest absolute Gasteiger partial charge is 0.130 e. The van der Waals surface area contributed by atoms with E-state index in [0.29, 0.717) is 5.56 Å². The summed E-state index contributed by atoms with van der Waals surface area (Å²) in [6.45, 7) is 7.02. The van der Waals surface area contributed by atoms with Crippen LogP contribution in [0.1, 0.15) is 38.8 Å². The third kappa shape index (κ3) is 2.78. The number of aliphatic hydroxyl groups excluding tert-OH is 1. The van der Waals surface area contributed by atoms with Crippen molar-refractivity contribution in [1.82, 2.24) is 0 Å². The van der Waals surface area contributed by atoms with Crippen molar-refractivity contribution in [2.45, 2.75) is 38.8 Å². The number of alkyl halides is 1. The molecule has 0 spiro atoms. The van der Waals surface area contributed by atoms with Gasteiger partial charge in [-0.25, -0.2) is 4.39 Å². The summed E-state index contributed by atoms with van der Waals surface area (Å²) in [4.78, 5) is 0. The first-order chi connectivity index (χ1) is 6.77. The van der Waals surface area contributed by atoms with Gasteiger partial charge in [-0.15, -0.1) is 0 Å². The van der Waals surface area contributed by atoms with Gasteiger partial charge < -0.3 is 5.11 Å². The fourth-order valence-corrected chi connectivity index (χ4v) is 1.40. The Labute approximate surface area is 90.9 Å². The monoisotopic (exact) mass is 210 g/mol. The van der Waals surface area contributed by atoms with Crippen LogP contribution < -0.4 is 0 Å². The predicted octanol–water partition coefficient (Wildman–Crippen LogP) is 3.16. The van der Waals surface area contributed by atoms with Crippen LogP contribution in [0.5, 0.6) is 0 Å². The SMILES string of the molecule is CC(C)(F)c1cccc(C(C)(C)CO)c1. The standard InChI is InChI=1S/C13H19FO/c1-12(2,9-15)10-6-5-7-11(8-10)13(3,4)14/h5-8,15H,9H2,1-4H3. The van der Waals surface area contributed by atoms with Crippen molar-refractivity contribution in [3.63, 3.8) is 0 Å². The number of aliphatic hydroxyl groups is 1. The average molecular weight is 210 g/mol. The Kier molecular flexibility index (Phi) is 3.19. The van der Waals surface area contributed by atoms with Gasteiger partial charge in [0.1, 0.15) is 5.67 Å². The lowest BCUT2D eigenvalue weighted by molar-refractivity contribution is 0.213. The Morgan fingerprint density at radius 2 is 1.67 bits per heavy atom. The van der Waals surface area contributed by atoms with Crippen LogP contribution in [0, 0.1) is 0 Å². The number of hydrogen-bond acceptors (Lipinski definition) is 1. The minimum Gasteiger partial charge on any atom is -0.395 e. The first-order valence-electron chi connectivity index (χ1n) is 5.18. The van der Waals surface area contributed by atoms with E-state index in [2.05, 4.69) is 0 Å². The van der Waals surface area contributed by atoms with E-state index in [4.69, 9.17) is 0 Å². The number of rotatable bonds is 3. The molecule has 1 aromatic rings. The highest BCUT2D eigenvalue weighted by atomic mass is 19.1. The van der Waals surface area contributed by atoms with Crippen LogP contribution in [-0.4, -0.2) is 11.7 Å². The maximum absolute atomic E-state index is 13.7. The fourth-order valence-electron chi connectivity index (χ4n) is 1.40. The lowest BCUT2D eigenvalue weighted by atomic mass is 9.83. The van der Waals surface area contributed by atoms with E-state index >= 15 is 0 Å². The minimum atomic E-state index is -1.33. The van der Waals surface area contributed by atoms with Crippen LogP contribution in [0.25, 0.3) is 0 Å². The van der Waals surface area contributed by atoms with E-state index in [1.165, 1.54) is 13.8 Å². The van der Waals surface area contributed by atoms with Gasteiger partial charge in [0, 0.05) is 5.41 Å². The van der Waals surface area contributed by atoms with Crippen LogP contribution in [-0.2, 0) is 11.1 Å². The minimum absolute atomic E-state index is 0.0587. The molecule has 0 amide bonds. The summed E-state index contributed by atoms with van der Waals surface area (Å²) >= 11 is 0. The van der Waals surface area contributed by atoms with Gasteiger partial charge in [0.2, 0.25) is 0 Å². The highest BCUT2D eigenvalue weighted by molar-refractivity contribution is 5.32. The number of hydrogen-bond donors (Lipinski definition) is 1. The normalized spacial score (nSPS) is 12.9. The molecule has 0 aliphatic rings. The summed E-state index contributed by atoms with van der Waals surface area (Å²) < 4.78 is 13.7. The third-order valence-electron chi connectivity index (χ3n) is 2.73. The van der Waals surface area contributed by atoms with E-state index in [9.17, 15) is 9.50 Å². The molecule has 0 radical (unpaired) electrons. The van der Waals surface area contributed by atoms with Gasteiger partial charge in [0.05, 0.1) is 6.61 Å². The lowest BCUT2D eigenvalue weighted by Gasteiger charge is -2.24. The summed E-state index contributed by atoms with van der Waals surface area (Å²) in [5, 5.41) is 9.25. The molecule has 1 rings (SSSR count). The van der Waals surface area contributed by atoms with Gasteiger partial charge in [-0.2, -0.15) is 0 Å². The molecule has 84 valence electrons. The van der Waals surface area contributed by atoms with Crippen LogP contribution in [0.3, 0.4) is 0 Å². The highest BCUT2D eigenvalue weighted by Crippen LogP contribution is 2.29. The Morgan fingerprint density at radius 3 is 2.13 bits per heavy atom. The number of halogens is 1. The molecule has 1 aromatic carbocycles. The van der Waals surface area contributed by atoms with Gasteiger partial charge in [0.25, 0.3) is 0 Å². The topological polar surface area (TPSA) is 20.2 Å². The molecule has 0 fully saturated rings. The summed E-state index contributed by atoms with van der Waals surface area (Å²) in [6, 6.07) is 7.36. The van der Waals surface area contributed by atoms with E-state index in [0.717, 1.165) is 5.56 Å². The van der Waals surface area contributed by atoms with Crippen molar-refractivity contribution >= 4 is 0 Å². The average Bonchev–Trinajstić information content (AvgIpc) is 2.17. The van der Waals surface area contributed by atoms with Crippen molar-refractivity contribution in [1.29, 1.82) is 0 Å². The second-order valence-electron chi connectivity index (χ2n) is 5.10. The molecule has 15 heavy (non-hydrogen) atoms. The molecule has 0 aliphatic heterocycles. The zero-order chi connectivity index (χ0) is 11.7. The molecule has 0 heterocycles. The quantitative estimate of drug-likeness (QED) is 0.812. The molecule has 0 unspecified atom stereocenters. The highest BCUT2D eigenvalue weighted by Gasteiger charge is 2.23. The lowest BCUT2D eigenvalue weighted by Crippen LogP contribution is -2.23. The van der Waals surface area contributed by atoms with Gasteiger partial charge in [-0.1, -0.05) is 38.1 Å². The zero-order valence-corrected chi connectivity index (χ0v) is 9.84. The summed E-state index contributed by atoms with van der Waals surface area (Å²) in [5.74, 6) is 0. The molecular weight excluding hydrogens is 191 g/mol. The molecule has 0 saturated carbocycles. The molecule has 0 saturated heterocycles. The zero-order valence-electron chi connectivity index (χ0n) is 9.84. The van der Waals surface area contributed by atoms with Crippen molar-refractivity contribution in [2.24, 2.45) is 0 Å². The van der Waals surface area contributed by atoms with Crippen molar-refractivity contribution < 1.29 is 9.50 Å². The van der Waals surface area contributed by atoms with Crippen molar-refractivity contribution in [3.8, 4) is 0 Å². The Balaban J connectivity index is 3.14. The summed E-state index contributed by atoms with van der Waals surface area (Å²) in [6.07, 6.45) is 0. The van der Waals surface area contributed by atoms with Crippen molar-refractivity contribution in [3.05, 3.63) is 35.4 Å².